The normalized spacial score (nSPS) is 16.8. The number of Topliss-reactive ketones (excluding diaryl/α,β-unsaturated/α-hetero) is 1. The highest BCUT2D eigenvalue weighted by atomic mass is 16.5. The molecule has 0 radical (unpaired) electrons. The number of methoxy groups -OCH3 is 1. The van der Waals surface area contributed by atoms with Gasteiger partial charge in [0.05, 0.1) is 13.7 Å². The first-order chi connectivity index (χ1) is 16.1. The van der Waals surface area contributed by atoms with Crippen molar-refractivity contribution in [2.24, 2.45) is 0 Å². The zero-order valence-electron chi connectivity index (χ0n) is 18.4. The molecule has 3 aromatic rings. The van der Waals surface area contributed by atoms with E-state index >= 15 is 0 Å². The van der Waals surface area contributed by atoms with E-state index in [-0.39, 0.29) is 23.8 Å². The predicted octanol–water partition coefficient (Wildman–Crippen LogP) is 3.34. The second kappa shape index (κ2) is 8.46. The number of hydrogen-bond acceptors (Lipinski definition) is 7. The molecule has 2 aromatic heterocycles. The highest BCUT2D eigenvalue weighted by Crippen LogP contribution is 2.36. The number of rotatable bonds is 5. The van der Waals surface area contributed by atoms with Crippen molar-refractivity contribution in [1.82, 2.24) is 14.9 Å². The average Bonchev–Trinajstić information content (AvgIpc) is 3.39. The van der Waals surface area contributed by atoms with Crippen LogP contribution in [0.4, 0.5) is 0 Å². The zero-order chi connectivity index (χ0) is 22.9. The fourth-order valence-corrected chi connectivity index (χ4v) is 4.28. The lowest BCUT2D eigenvalue weighted by Gasteiger charge is -2.31. The molecule has 2 aliphatic rings. The molecule has 0 bridgehead atoms. The van der Waals surface area contributed by atoms with Gasteiger partial charge in [0.15, 0.2) is 11.3 Å². The second-order valence-corrected chi connectivity index (χ2v) is 7.75. The van der Waals surface area contributed by atoms with Crippen molar-refractivity contribution >= 4 is 28.9 Å². The molecular formula is C25H23N3O5. The number of esters is 1. The molecule has 0 aliphatic carbocycles. The Morgan fingerprint density at radius 2 is 2.18 bits per heavy atom. The summed E-state index contributed by atoms with van der Waals surface area (Å²) in [4.78, 5) is 35.3. The van der Waals surface area contributed by atoms with E-state index in [2.05, 4.69) is 16.0 Å². The fraction of sp³-hybridized carbons (Fsp3) is 0.240. The molecule has 8 heteroatoms. The van der Waals surface area contributed by atoms with Crippen LogP contribution < -0.4 is 4.74 Å². The maximum absolute atomic E-state index is 13.3. The number of carbonyl (C=O) groups excluding carboxylic acids is 2. The smallest absolute Gasteiger partial charge is 0.347 e. The van der Waals surface area contributed by atoms with Gasteiger partial charge in [0.25, 0.3) is 0 Å². The van der Waals surface area contributed by atoms with Gasteiger partial charge in [-0.15, -0.1) is 0 Å². The number of ether oxygens (including phenoxy) is 3. The van der Waals surface area contributed by atoms with Crippen molar-refractivity contribution in [2.45, 2.75) is 19.9 Å². The van der Waals surface area contributed by atoms with Crippen molar-refractivity contribution in [1.29, 1.82) is 0 Å². The Morgan fingerprint density at radius 1 is 1.30 bits per heavy atom. The molecule has 0 amide bonds. The minimum Gasteiger partial charge on any atom is -0.496 e. The van der Waals surface area contributed by atoms with Gasteiger partial charge in [-0.25, -0.2) is 9.78 Å². The van der Waals surface area contributed by atoms with Gasteiger partial charge in [-0.05, 0) is 43.2 Å². The third-order valence-electron chi connectivity index (χ3n) is 5.86. The highest BCUT2D eigenvalue weighted by Gasteiger charge is 2.40. The van der Waals surface area contributed by atoms with Crippen LogP contribution in [-0.4, -0.2) is 46.9 Å². The monoisotopic (exact) mass is 445 g/mol. The van der Waals surface area contributed by atoms with Crippen LogP contribution in [0.15, 0.2) is 59.9 Å². The first-order valence-corrected chi connectivity index (χ1v) is 10.8. The number of nitrogens with zero attached hydrogens (tertiary/aromatic N) is 2. The molecule has 4 heterocycles. The number of benzene rings is 1. The van der Waals surface area contributed by atoms with Crippen molar-refractivity contribution < 1.29 is 23.8 Å². The summed E-state index contributed by atoms with van der Waals surface area (Å²) in [6, 6.07) is 9.65. The molecule has 33 heavy (non-hydrogen) atoms. The van der Waals surface area contributed by atoms with Crippen molar-refractivity contribution in [2.75, 3.05) is 20.3 Å². The topological polar surface area (TPSA) is 93.8 Å². The molecule has 2 aliphatic heterocycles. The molecule has 5 rings (SSSR count). The maximum Gasteiger partial charge on any atom is 0.347 e. The predicted molar refractivity (Wildman–Crippen MR) is 121 cm³/mol. The van der Waals surface area contributed by atoms with Crippen LogP contribution in [0, 0.1) is 0 Å². The van der Waals surface area contributed by atoms with E-state index in [0.29, 0.717) is 18.7 Å². The van der Waals surface area contributed by atoms with Crippen molar-refractivity contribution in [3.05, 3.63) is 76.6 Å². The van der Waals surface area contributed by atoms with Gasteiger partial charge in [0.2, 0.25) is 11.7 Å². The SMILES string of the molecule is CCOC(=O)C1=C(N2CCc3cccc(OC)c3C2)OC(=Cc2c[nH]c3ncccc23)C1=O. The van der Waals surface area contributed by atoms with E-state index in [9.17, 15) is 9.59 Å². The third-order valence-corrected chi connectivity index (χ3v) is 5.86. The van der Waals surface area contributed by atoms with Gasteiger partial charge in [0, 0.05) is 42.0 Å². The summed E-state index contributed by atoms with van der Waals surface area (Å²) in [6.07, 6.45) is 5.81. The first kappa shape index (κ1) is 20.8. The number of aromatic nitrogens is 2. The molecule has 0 saturated heterocycles. The molecule has 0 saturated carbocycles. The third kappa shape index (κ3) is 3.63. The van der Waals surface area contributed by atoms with Crippen LogP contribution in [0.25, 0.3) is 17.1 Å². The zero-order valence-corrected chi connectivity index (χ0v) is 18.4. The molecule has 8 nitrogen and oxygen atoms in total. The van der Waals surface area contributed by atoms with Crippen molar-refractivity contribution in [3.63, 3.8) is 0 Å². The highest BCUT2D eigenvalue weighted by molar-refractivity contribution is 6.26. The number of fused-ring (bicyclic) bond motifs is 2. The largest absolute Gasteiger partial charge is 0.496 e. The standard InChI is InChI=1S/C25H23N3O5/c1-3-32-25(30)21-22(29)20(12-16-13-27-23-17(16)7-5-10-26-23)33-24(21)28-11-9-15-6-4-8-19(31-2)18(15)14-28/h4-8,10,12-13H,3,9,11,14H2,1-2H3,(H,26,27). The minimum atomic E-state index is -0.688. The summed E-state index contributed by atoms with van der Waals surface area (Å²) < 4.78 is 16.8. The number of H-pyrrole nitrogens is 1. The fourth-order valence-electron chi connectivity index (χ4n) is 4.28. The first-order valence-electron chi connectivity index (χ1n) is 10.8. The molecule has 0 spiro atoms. The Morgan fingerprint density at radius 3 is 3.00 bits per heavy atom. The lowest BCUT2D eigenvalue weighted by molar-refractivity contribution is -0.139. The summed E-state index contributed by atoms with van der Waals surface area (Å²) in [5.41, 5.74) is 3.55. The van der Waals surface area contributed by atoms with E-state index in [1.165, 1.54) is 5.56 Å². The van der Waals surface area contributed by atoms with E-state index in [1.807, 2.05) is 29.2 Å². The van der Waals surface area contributed by atoms with Gasteiger partial charge in [-0.1, -0.05) is 12.1 Å². The van der Waals surface area contributed by atoms with Crippen LogP contribution in [0.3, 0.4) is 0 Å². The minimum absolute atomic E-state index is 0.0728. The molecule has 0 unspecified atom stereocenters. The molecule has 1 aromatic carbocycles. The van der Waals surface area contributed by atoms with Gasteiger partial charge < -0.3 is 24.1 Å². The lowest BCUT2D eigenvalue weighted by Crippen LogP contribution is -2.32. The van der Waals surface area contributed by atoms with E-state index in [4.69, 9.17) is 14.2 Å². The average molecular weight is 445 g/mol. The molecule has 168 valence electrons. The van der Waals surface area contributed by atoms with Crippen molar-refractivity contribution in [3.8, 4) is 5.75 Å². The molecule has 0 fully saturated rings. The quantitative estimate of drug-likeness (QED) is 0.366. The van der Waals surface area contributed by atoms with Gasteiger partial charge >= 0.3 is 5.97 Å². The summed E-state index contributed by atoms with van der Waals surface area (Å²) in [6.45, 7) is 2.91. The number of allylic oxidation sites excluding steroid dienone is 1. The van der Waals surface area contributed by atoms with Gasteiger partial charge in [-0.3, -0.25) is 4.79 Å². The molecular weight excluding hydrogens is 422 g/mol. The molecule has 0 atom stereocenters. The summed E-state index contributed by atoms with van der Waals surface area (Å²) >= 11 is 0. The van der Waals surface area contributed by atoms with Gasteiger partial charge in [-0.2, -0.15) is 0 Å². The van der Waals surface area contributed by atoms with E-state index < -0.39 is 11.8 Å². The Labute approximate surface area is 190 Å². The number of hydrogen-bond donors (Lipinski definition) is 1. The van der Waals surface area contributed by atoms with Crippen LogP contribution in [0.1, 0.15) is 23.6 Å². The molecule has 1 N–H and O–H groups in total. The Kier molecular flexibility index (Phi) is 5.34. The number of carbonyl (C=O) groups is 2. The number of ketones is 1. The summed E-state index contributed by atoms with van der Waals surface area (Å²) in [7, 11) is 1.63. The maximum atomic E-state index is 13.3. The van der Waals surface area contributed by atoms with Crippen LogP contribution in [0.2, 0.25) is 0 Å². The van der Waals surface area contributed by atoms with E-state index in [0.717, 1.165) is 28.7 Å². The number of nitrogens with one attached hydrogen (secondary N) is 1. The van der Waals surface area contributed by atoms with Gasteiger partial charge in [0.1, 0.15) is 11.4 Å². The summed E-state index contributed by atoms with van der Waals surface area (Å²) in [5, 5.41) is 0.851. The Hall–Kier alpha value is -4.07. The van der Waals surface area contributed by atoms with E-state index in [1.54, 1.807) is 32.5 Å². The van der Waals surface area contributed by atoms with Crippen LogP contribution >= 0.6 is 0 Å². The number of pyridine rings is 1. The van der Waals surface area contributed by atoms with Crippen LogP contribution in [0.5, 0.6) is 5.75 Å². The summed E-state index contributed by atoms with van der Waals surface area (Å²) in [5.74, 6) is -0.121. The Balaban J connectivity index is 1.53. The van der Waals surface area contributed by atoms with Crippen LogP contribution in [-0.2, 0) is 32.0 Å². The lowest BCUT2D eigenvalue weighted by atomic mass is 9.98. The second-order valence-electron chi connectivity index (χ2n) is 7.75. The Bertz CT molecular complexity index is 1310. The number of aromatic amines is 1.